The van der Waals surface area contributed by atoms with E-state index >= 15 is 0 Å². The minimum absolute atomic E-state index is 0.291. The highest BCUT2D eigenvalue weighted by Crippen LogP contribution is 2.33. The van der Waals surface area contributed by atoms with Gasteiger partial charge in [0.15, 0.2) is 0 Å². The Labute approximate surface area is 139 Å². The largest absolute Gasteiger partial charge is 0.502 e. The minimum Gasteiger partial charge on any atom is -0.502 e. The zero-order valence-electron chi connectivity index (χ0n) is 12.4. The summed E-state index contributed by atoms with van der Waals surface area (Å²) in [5, 5.41) is 37.4. The van der Waals surface area contributed by atoms with Crippen LogP contribution in [0.4, 0.5) is 21.9 Å². The van der Waals surface area contributed by atoms with E-state index in [0.717, 1.165) is 12.3 Å². The first-order chi connectivity index (χ1) is 11.9. The molecule has 11 nitrogen and oxygen atoms in total. The number of benzene rings is 2. The van der Waals surface area contributed by atoms with Crippen molar-refractivity contribution in [3.63, 3.8) is 0 Å². The van der Waals surface area contributed by atoms with Gasteiger partial charge in [0.05, 0.1) is 27.7 Å². The van der Waals surface area contributed by atoms with Crippen LogP contribution in [0.3, 0.4) is 0 Å². The molecule has 3 N–H and O–H groups in total. The zero-order valence-corrected chi connectivity index (χ0v) is 12.4. The van der Waals surface area contributed by atoms with Crippen LogP contribution in [0.5, 0.6) is 5.75 Å². The van der Waals surface area contributed by atoms with E-state index in [1.807, 2.05) is 0 Å². The number of carbonyl (C=O) groups excluding carboxylic acids is 1. The first-order valence-electron chi connectivity index (χ1n) is 6.69. The molecule has 0 bridgehead atoms. The van der Waals surface area contributed by atoms with Crippen LogP contribution in [-0.4, -0.2) is 27.2 Å². The monoisotopic (exact) mass is 345 g/mol. The Kier molecular flexibility index (Phi) is 5.20. The first-order valence-corrected chi connectivity index (χ1v) is 6.69. The van der Waals surface area contributed by atoms with Crippen molar-refractivity contribution in [3.8, 4) is 5.75 Å². The summed E-state index contributed by atoms with van der Waals surface area (Å²) >= 11 is 0. The van der Waals surface area contributed by atoms with Crippen LogP contribution in [0.1, 0.15) is 5.56 Å². The van der Waals surface area contributed by atoms with E-state index in [0.29, 0.717) is 11.8 Å². The van der Waals surface area contributed by atoms with E-state index in [2.05, 4.69) is 15.8 Å². The second-order valence-electron chi connectivity index (χ2n) is 4.61. The van der Waals surface area contributed by atoms with Gasteiger partial charge in [0.1, 0.15) is 0 Å². The number of phenols is 1. The third-order valence-electron chi connectivity index (χ3n) is 2.91. The van der Waals surface area contributed by atoms with Crippen molar-refractivity contribution in [1.29, 1.82) is 0 Å². The number of aromatic hydroxyl groups is 1. The molecule has 2 amide bonds. The van der Waals surface area contributed by atoms with Gasteiger partial charge in [-0.3, -0.25) is 20.2 Å². The number of nitrogens with zero attached hydrogens (tertiary/aromatic N) is 3. The third kappa shape index (κ3) is 4.48. The topological polar surface area (TPSA) is 160 Å². The Morgan fingerprint density at radius 3 is 2.40 bits per heavy atom. The number of para-hydroxylation sites is 1. The molecule has 0 fully saturated rings. The fourth-order valence-electron chi connectivity index (χ4n) is 1.81. The molecular weight excluding hydrogens is 334 g/mol. The maximum atomic E-state index is 11.6. The van der Waals surface area contributed by atoms with Crippen molar-refractivity contribution in [2.75, 3.05) is 5.32 Å². The summed E-state index contributed by atoms with van der Waals surface area (Å²) in [6.07, 6.45) is 0.861. The highest BCUT2D eigenvalue weighted by molar-refractivity contribution is 5.91. The maximum absolute atomic E-state index is 11.6. The molecule has 2 aromatic rings. The number of nitro benzene ring substituents is 2. The van der Waals surface area contributed by atoms with Crippen LogP contribution in [0.2, 0.25) is 0 Å². The van der Waals surface area contributed by atoms with Crippen molar-refractivity contribution in [2.24, 2.45) is 5.10 Å². The smallest absolute Gasteiger partial charge is 0.339 e. The van der Waals surface area contributed by atoms with Crippen LogP contribution in [-0.2, 0) is 0 Å². The summed E-state index contributed by atoms with van der Waals surface area (Å²) in [7, 11) is 0. The van der Waals surface area contributed by atoms with E-state index in [1.54, 1.807) is 30.3 Å². The number of non-ortho nitro benzene ring substituents is 1. The molecule has 0 aliphatic carbocycles. The normalized spacial score (nSPS) is 10.4. The number of rotatable bonds is 5. The Hall–Kier alpha value is -4.02. The molecular formula is C14H11N5O6. The molecule has 0 unspecified atom stereocenters. The summed E-state index contributed by atoms with van der Waals surface area (Å²) in [6.45, 7) is 0. The summed E-state index contributed by atoms with van der Waals surface area (Å²) in [5.74, 6) is -0.801. The number of nitro groups is 2. The van der Waals surface area contributed by atoms with E-state index in [1.165, 1.54) is 0 Å². The van der Waals surface area contributed by atoms with E-state index < -0.39 is 33.0 Å². The van der Waals surface area contributed by atoms with E-state index in [9.17, 15) is 30.1 Å². The fraction of sp³-hybridized carbons (Fsp3) is 0. The van der Waals surface area contributed by atoms with Crippen molar-refractivity contribution in [3.05, 3.63) is 68.3 Å². The molecule has 2 rings (SSSR count). The summed E-state index contributed by atoms with van der Waals surface area (Å²) < 4.78 is 0. The second-order valence-corrected chi connectivity index (χ2v) is 4.61. The molecule has 0 atom stereocenters. The summed E-state index contributed by atoms with van der Waals surface area (Å²) in [6, 6.07) is 9.27. The second kappa shape index (κ2) is 7.50. The van der Waals surface area contributed by atoms with Crippen LogP contribution in [0.25, 0.3) is 0 Å². The lowest BCUT2D eigenvalue weighted by molar-refractivity contribution is -0.394. The Morgan fingerprint density at radius 1 is 1.12 bits per heavy atom. The van der Waals surface area contributed by atoms with E-state index in [-0.39, 0.29) is 5.56 Å². The maximum Gasteiger partial charge on any atom is 0.339 e. The number of hydrogen-bond donors (Lipinski definition) is 3. The highest BCUT2D eigenvalue weighted by Gasteiger charge is 2.23. The predicted molar refractivity (Wildman–Crippen MR) is 87.6 cm³/mol. The molecule has 11 heteroatoms. The highest BCUT2D eigenvalue weighted by atomic mass is 16.6. The summed E-state index contributed by atoms with van der Waals surface area (Å²) in [5.41, 5.74) is 0.845. The number of anilines is 1. The number of carbonyl (C=O) groups is 1. The van der Waals surface area contributed by atoms with Crippen molar-refractivity contribution >= 4 is 29.3 Å². The van der Waals surface area contributed by atoms with Crippen molar-refractivity contribution in [2.45, 2.75) is 0 Å². The molecule has 0 aliphatic rings. The Balaban J connectivity index is 2.15. The number of amides is 2. The van der Waals surface area contributed by atoms with Gasteiger partial charge >= 0.3 is 11.7 Å². The average molecular weight is 345 g/mol. The number of urea groups is 1. The number of nitrogens with one attached hydrogen (secondary N) is 2. The average Bonchev–Trinajstić information content (AvgIpc) is 2.56. The Morgan fingerprint density at radius 2 is 1.80 bits per heavy atom. The molecule has 0 heterocycles. The molecule has 128 valence electrons. The van der Waals surface area contributed by atoms with Gasteiger partial charge < -0.3 is 10.4 Å². The lowest BCUT2D eigenvalue weighted by atomic mass is 10.1. The molecule has 0 radical (unpaired) electrons. The number of phenolic OH excluding ortho intramolecular Hbond substituents is 1. The fourth-order valence-corrected chi connectivity index (χ4v) is 1.81. The SMILES string of the molecule is O=C(N/N=C/c1cc([N+](=O)[O-])cc([N+](=O)[O-])c1O)Nc1ccccc1. The molecule has 0 aromatic heterocycles. The Bertz CT molecular complexity index is 852. The number of hydrazone groups is 1. The molecule has 0 spiro atoms. The molecule has 0 saturated heterocycles. The van der Waals surface area contributed by atoms with Crippen LogP contribution in [0, 0.1) is 20.2 Å². The standard InChI is InChI=1S/C14H11N5O6/c20-13-9(6-11(18(22)23)7-12(13)19(24)25)8-15-17-14(21)16-10-4-2-1-3-5-10/h1-8,20H,(H2,16,17,21)/b15-8+. The lowest BCUT2D eigenvalue weighted by Crippen LogP contribution is -2.24. The number of hydrogen-bond acceptors (Lipinski definition) is 7. The van der Waals surface area contributed by atoms with Gasteiger partial charge in [-0.05, 0) is 12.1 Å². The molecule has 25 heavy (non-hydrogen) atoms. The quantitative estimate of drug-likeness (QED) is 0.428. The molecule has 0 saturated carbocycles. The minimum atomic E-state index is -0.963. The van der Waals surface area contributed by atoms with Crippen LogP contribution < -0.4 is 10.7 Å². The van der Waals surface area contributed by atoms with Crippen LogP contribution >= 0.6 is 0 Å². The zero-order chi connectivity index (χ0) is 18.4. The lowest BCUT2D eigenvalue weighted by Gasteiger charge is -2.04. The van der Waals surface area contributed by atoms with Gasteiger partial charge in [-0.1, -0.05) is 18.2 Å². The predicted octanol–water partition coefficient (Wildman–Crippen LogP) is 2.36. The van der Waals surface area contributed by atoms with Gasteiger partial charge in [-0.15, -0.1) is 0 Å². The first kappa shape index (κ1) is 17.3. The van der Waals surface area contributed by atoms with Gasteiger partial charge in [0.25, 0.3) is 5.69 Å². The van der Waals surface area contributed by atoms with Gasteiger partial charge in [0.2, 0.25) is 5.75 Å². The van der Waals surface area contributed by atoms with Crippen LogP contribution in [0.15, 0.2) is 47.6 Å². The molecule has 0 aliphatic heterocycles. The summed E-state index contributed by atoms with van der Waals surface area (Å²) in [4.78, 5) is 31.4. The van der Waals surface area contributed by atoms with Gasteiger partial charge in [0, 0.05) is 11.8 Å². The van der Waals surface area contributed by atoms with Crippen molar-refractivity contribution < 1.29 is 19.7 Å². The molecule has 2 aromatic carbocycles. The third-order valence-corrected chi connectivity index (χ3v) is 2.91. The van der Waals surface area contributed by atoms with Gasteiger partial charge in [-0.2, -0.15) is 5.10 Å². The van der Waals surface area contributed by atoms with Gasteiger partial charge in [-0.25, -0.2) is 10.2 Å². The van der Waals surface area contributed by atoms with E-state index in [4.69, 9.17) is 0 Å². The van der Waals surface area contributed by atoms with Crippen molar-refractivity contribution in [1.82, 2.24) is 5.43 Å².